The molecule has 0 aliphatic carbocycles. The van der Waals surface area contributed by atoms with Crippen LogP contribution in [-0.2, 0) is 20.0 Å². The molecule has 0 aliphatic rings. The monoisotopic (exact) mass is 267 g/mol. The lowest BCUT2D eigenvalue weighted by molar-refractivity contribution is 0.409. The zero-order valence-electron chi connectivity index (χ0n) is 10.1. The van der Waals surface area contributed by atoms with Gasteiger partial charge in [-0.3, -0.25) is 0 Å². The van der Waals surface area contributed by atoms with E-state index in [0.29, 0.717) is 0 Å². The number of pyridine rings is 1. The summed E-state index contributed by atoms with van der Waals surface area (Å²) in [5.41, 5.74) is 0.185. The third-order valence-corrected chi connectivity index (χ3v) is 2.75. The fourth-order valence-electron chi connectivity index (χ4n) is 1.77. The molecule has 0 spiro atoms. The Hall–Kier alpha value is -2.04. The summed E-state index contributed by atoms with van der Waals surface area (Å²) in [5, 5.41) is 0. The van der Waals surface area contributed by atoms with E-state index < -0.39 is 20.0 Å². The van der Waals surface area contributed by atoms with Crippen LogP contribution in [0.2, 0.25) is 0 Å². The van der Waals surface area contributed by atoms with Crippen molar-refractivity contribution in [3.8, 4) is 11.6 Å². The number of halogens is 3. The van der Waals surface area contributed by atoms with Crippen LogP contribution in [0, 0.1) is 0 Å². The van der Waals surface area contributed by atoms with Gasteiger partial charge in [0, 0.05) is 17.8 Å². The normalized spacial score (nSPS) is 10.5. The number of ether oxygens (including phenoxy) is 1. The first-order valence-corrected chi connectivity index (χ1v) is 5.70. The van der Waals surface area contributed by atoms with E-state index in [1.807, 2.05) is 0 Å². The van der Waals surface area contributed by atoms with E-state index >= 15 is 0 Å². The standard InChI is InChI=1S/C14H12F3NO/c15-7-10-4-5-13(12(9-17)11(10)8-16)19-14-3-1-2-6-18-14/h1-6H,7-9H2. The van der Waals surface area contributed by atoms with Crippen LogP contribution in [0.3, 0.4) is 0 Å². The van der Waals surface area contributed by atoms with Crippen molar-refractivity contribution in [1.29, 1.82) is 0 Å². The number of nitrogens with zero attached hydrogens (tertiary/aromatic N) is 1. The number of hydrogen-bond donors (Lipinski definition) is 0. The first kappa shape index (κ1) is 13.4. The van der Waals surface area contributed by atoms with Gasteiger partial charge in [-0.2, -0.15) is 0 Å². The van der Waals surface area contributed by atoms with Crippen LogP contribution < -0.4 is 4.74 Å². The summed E-state index contributed by atoms with van der Waals surface area (Å²) in [6.07, 6.45) is 1.52. The van der Waals surface area contributed by atoms with Crippen LogP contribution in [0.4, 0.5) is 13.2 Å². The highest BCUT2D eigenvalue weighted by atomic mass is 19.1. The third kappa shape index (κ3) is 2.86. The number of hydrogen-bond acceptors (Lipinski definition) is 2. The molecule has 2 nitrogen and oxygen atoms in total. The summed E-state index contributed by atoms with van der Waals surface area (Å²) >= 11 is 0. The quantitative estimate of drug-likeness (QED) is 0.806. The Kier molecular flexibility index (Phi) is 4.39. The van der Waals surface area contributed by atoms with Crippen molar-refractivity contribution in [3.05, 3.63) is 53.2 Å². The molecule has 0 saturated carbocycles. The fraction of sp³-hybridized carbons (Fsp3) is 0.214. The Morgan fingerprint density at radius 2 is 1.68 bits per heavy atom. The Morgan fingerprint density at radius 3 is 2.26 bits per heavy atom. The molecule has 2 rings (SSSR count). The second-order valence-electron chi connectivity index (χ2n) is 3.85. The van der Waals surface area contributed by atoms with Gasteiger partial charge in [0.1, 0.15) is 25.8 Å². The van der Waals surface area contributed by atoms with Gasteiger partial charge in [0.25, 0.3) is 0 Å². The summed E-state index contributed by atoms with van der Waals surface area (Å²) in [4.78, 5) is 3.94. The maximum atomic E-state index is 13.1. The topological polar surface area (TPSA) is 22.1 Å². The number of rotatable bonds is 5. The fourth-order valence-corrected chi connectivity index (χ4v) is 1.77. The molecule has 5 heteroatoms. The Bertz CT molecular complexity index is 546. The van der Waals surface area contributed by atoms with Crippen molar-refractivity contribution in [1.82, 2.24) is 4.98 Å². The van der Waals surface area contributed by atoms with Crippen LogP contribution in [0.15, 0.2) is 36.5 Å². The summed E-state index contributed by atoms with van der Waals surface area (Å²) in [6, 6.07) is 7.84. The average Bonchev–Trinajstić information content (AvgIpc) is 2.47. The molecule has 0 bridgehead atoms. The summed E-state index contributed by atoms with van der Waals surface area (Å²) in [5.74, 6) is 0.432. The van der Waals surface area contributed by atoms with Crippen molar-refractivity contribution in [2.45, 2.75) is 20.0 Å². The lowest BCUT2D eigenvalue weighted by Gasteiger charge is -2.13. The highest BCUT2D eigenvalue weighted by molar-refractivity contribution is 5.45. The predicted octanol–water partition coefficient (Wildman–Crippen LogP) is 4.28. The third-order valence-electron chi connectivity index (χ3n) is 2.75. The number of aromatic nitrogens is 1. The molecule has 1 heterocycles. The maximum absolute atomic E-state index is 13.1. The molecule has 19 heavy (non-hydrogen) atoms. The van der Waals surface area contributed by atoms with E-state index in [4.69, 9.17) is 4.74 Å². The van der Waals surface area contributed by atoms with Crippen LogP contribution in [-0.4, -0.2) is 4.98 Å². The van der Waals surface area contributed by atoms with Gasteiger partial charge in [-0.25, -0.2) is 18.2 Å². The zero-order chi connectivity index (χ0) is 13.7. The van der Waals surface area contributed by atoms with Crippen LogP contribution in [0.25, 0.3) is 0 Å². The second-order valence-corrected chi connectivity index (χ2v) is 3.85. The molecular formula is C14H12F3NO. The minimum atomic E-state index is -0.933. The van der Waals surface area contributed by atoms with Crippen molar-refractivity contribution in [2.75, 3.05) is 0 Å². The molecule has 1 aromatic carbocycles. The first-order valence-electron chi connectivity index (χ1n) is 5.70. The minimum absolute atomic E-state index is 0.0124. The first-order chi connectivity index (χ1) is 9.30. The molecule has 0 radical (unpaired) electrons. The molecule has 100 valence electrons. The van der Waals surface area contributed by atoms with Gasteiger partial charge in [-0.05, 0) is 23.3 Å². The van der Waals surface area contributed by atoms with Gasteiger partial charge in [0.05, 0.1) is 0 Å². The smallest absolute Gasteiger partial charge is 0.219 e. The maximum Gasteiger partial charge on any atom is 0.219 e. The van der Waals surface area contributed by atoms with E-state index in [-0.39, 0.29) is 28.3 Å². The van der Waals surface area contributed by atoms with E-state index in [1.165, 1.54) is 18.3 Å². The average molecular weight is 267 g/mol. The Labute approximate surface area is 108 Å². The van der Waals surface area contributed by atoms with Gasteiger partial charge in [0.2, 0.25) is 5.88 Å². The largest absolute Gasteiger partial charge is 0.439 e. The highest BCUT2D eigenvalue weighted by Crippen LogP contribution is 2.31. The van der Waals surface area contributed by atoms with E-state index in [1.54, 1.807) is 18.2 Å². The van der Waals surface area contributed by atoms with Gasteiger partial charge >= 0.3 is 0 Å². The predicted molar refractivity (Wildman–Crippen MR) is 65.2 cm³/mol. The minimum Gasteiger partial charge on any atom is -0.439 e. The van der Waals surface area contributed by atoms with Gasteiger partial charge in [0.15, 0.2) is 0 Å². The zero-order valence-corrected chi connectivity index (χ0v) is 10.1. The van der Waals surface area contributed by atoms with Crippen LogP contribution in [0.1, 0.15) is 16.7 Å². The second kappa shape index (κ2) is 6.22. The molecule has 0 fully saturated rings. The molecule has 0 unspecified atom stereocenters. The molecule has 0 saturated heterocycles. The Balaban J connectivity index is 2.40. The van der Waals surface area contributed by atoms with Gasteiger partial charge in [-0.15, -0.1) is 0 Å². The molecule has 2 aromatic rings. The number of alkyl halides is 3. The molecule has 0 N–H and O–H groups in total. The van der Waals surface area contributed by atoms with E-state index in [9.17, 15) is 13.2 Å². The van der Waals surface area contributed by atoms with E-state index in [2.05, 4.69) is 4.98 Å². The van der Waals surface area contributed by atoms with Crippen molar-refractivity contribution >= 4 is 0 Å². The Morgan fingerprint density at radius 1 is 0.895 bits per heavy atom. The van der Waals surface area contributed by atoms with Gasteiger partial charge < -0.3 is 4.74 Å². The van der Waals surface area contributed by atoms with Crippen molar-refractivity contribution < 1.29 is 17.9 Å². The lowest BCUT2D eigenvalue weighted by Crippen LogP contribution is -2.00. The molecule has 0 aliphatic heterocycles. The van der Waals surface area contributed by atoms with E-state index in [0.717, 1.165) is 0 Å². The summed E-state index contributed by atoms with van der Waals surface area (Å²) < 4.78 is 44.1. The molecule has 0 atom stereocenters. The summed E-state index contributed by atoms with van der Waals surface area (Å²) in [7, 11) is 0. The van der Waals surface area contributed by atoms with Crippen molar-refractivity contribution in [2.24, 2.45) is 0 Å². The van der Waals surface area contributed by atoms with Gasteiger partial charge in [-0.1, -0.05) is 12.1 Å². The molecule has 0 amide bonds. The number of benzene rings is 1. The van der Waals surface area contributed by atoms with Crippen molar-refractivity contribution in [3.63, 3.8) is 0 Å². The lowest BCUT2D eigenvalue weighted by atomic mass is 10.0. The SMILES string of the molecule is FCc1ccc(Oc2ccccn2)c(CF)c1CF. The van der Waals surface area contributed by atoms with Crippen LogP contribution in [0.5, 0.6) is 11.6 Å². The molecular weight excluding hydrogens is 255 g/mol. The highest BCUT2D eigenvalue weighted by Gasteiger charge is 2.15. The van der Waals surface area contributed by atoms with Crippen LogP contribution >= 0.6 is 0 Å². The summed E-state index contributed by atoms with van der Waals surface area (Å²) in [6.45, 7) is -2.69. The molecule has 1 aromatic heterocycles.